The van der Waals surface area contributed by atoms with Crippen molar-refractivity contribution >= 4 is 0 Å². The van der Waals surface area contributed by atoms with Crippen molar-refractivity contribution in [1.29, 1.82) is 5.26 Å². The monoisotopic (exact) mass is 237 g/mol. The highest BCUT2D eigenvalue weighted by atomic mass is 16.5. The minimum absolute atomic E-state index is 0.451. The second-order valence-electron chi connectivity index (χ2n) is 4.22. The van der Waals surface area contributed by atoms with Gasteiger partial charge in [0.2, 0.25) is 0 Å². The van der Waals surface area contributed by atoms with E-state index < -0.39 is 6.10 Å². The molecule has 0 bridgehead atoms. The number of nitrogens with zero attached hydrogens (tertiary/aromatic N) is 1. The van der Waals surface area contributed by atoms with Gasteiger partial charge in [0.05, 0.1) is 12.7 Å². The van der Waals surface area contributed by atoms with E-state index in [1.807, 2.05) is 61.5 Å². The fourth-order valence-corrected chi connectivity index (χ4v) is 1.70. The summed E-state index contributed by atoms with van der Waals surface area (Å²) in [5.74, 6) is 0. The molecule has 2 nitrogen and oxygen atoms in total. The Morgan fingerprint density at radius 1 is 1.06 bits per heavy atom. The van der Waals surface area contributed by atoms with Crippen LogP contribution in [0.3, 0.4) is 0 Å². The van der Waals surface area contributed by atoms with Crippen LogP contribution in [0.2, 0.25) is 0 Å². The third-order valence-corrected chi connectivity index (χ3v) is 2.76. The average Bonchev–Trinajstić information content (AvgIpc) is 2.42. The predicted octanol–water partition coefficient (Wildman–Crippen LogP) is 3.78. The van der Waals surface area contributed by atoms with E-state index in [9.17, 15) is 0 Å². The largest absolute Gasteiger partial charge is 0.354 e. The first-order chi connectivity index (χ1) is 8.79. The van der Waals surface area contributed by atoms with E-state index in [-0.39, 0.29) is 0 Å². The second-order valence-corrected chi connectivity index (χ2v) is 4.22. The summed E-state index contributed by atoms with van der Waals surface area (Å²) in [6.07, 6.45) is -0.509. The average molecular weight is 237 g/mol. The molecule has 0 aliphatic rings. The first-order valence-corrected chi connectivity index (χ1v) is 5.91. The van der Waals surface area contributed by atoms with Gasteiger partial charge in [-0.3, -0.25) is 0 Å². The van der Waals surface area contributed by atoms with Crippen LogP contribution in [0.5, 0.6) is 0 Å². The molecule has 18 heavy (non-hydrogen) atoms. The molecule has 0 amide bonds. The summed E-state index contributed by atoms with van der Waals surface area (Å²) in [5, 5.41) is 9.15. The van der Waals surface area contributed by atoms with E-state index in [2.05, 4.69) is 6.07 Å². The van der Waals surface area contributed by atoms with Gasteiger partial charge < -0.3 is 4.74 Å². The normalized spacial score (nSPS) is 11.8. The third kappa shape index (κ3) is 3.19. The van der Waals surface area contributed by atoms with Gasteiger partial charge in [-0.05, 0) is 18.1 Å². The molecule has 0 radical (unpaired) electrons. The molecule has 90 valence electrons. The van der Waals surface area contributed by atoms with E-state index >= 15 is 0 Å². The lowest BCUT2D eigenvalue weighted by Crippen LogP contribution is -2.02. The zero-order valence-electron chi connectivity index (χ0n) is 10.3. The molecule has 1 atom stereocenters. The number of hydrogen-bond acceptors (Lipinski definition) is 2. The van der Waals surface area contributed by atoms with Crippen molar-refractivity contribution in [2.75, 3.05) is 0 Å². The first-order valence-electron chi connectivity index (χ1n) is 5.91. The molecular formula is C16H15NO. The maximum Gasteiger partial charge on any atom is 0.169 e. The Balaban J connectivity index is 2.02. The van der Waals surface area contributed by atoms with Gasteiger partial charge in [-0.15, -0.1) is 0 Å². The second kappa shape index (κ2) is 6.00. The fraction of sp³-hybridized carbons (Fsp3) is 0.188. The van der Waals surface area contributed by atoms with Gasteiger partial charge >= 0.3 is 0 Å². The minimum Gasteiger partial charge on any atom is -0.354 e. The lowest BCUT2D eigenvalue weighted by atomic mass is 10.1. The quantitative estimate of drug-likeness (QED) is 0.810. The van der Waals surface area contributed by atoms with Crippen LogP contribution in [0, 0.1) is 18.3 Å². The van der Waals surface area contributed by atoms with Crippen molar-refractivity contribution in [3.63, 3.8) is 0 Å². The van der Waals surface area contributed by atoms with Crippen molar-refractivity contribution in [3.05, 3.63) is 71.3 Å². The topological polar surface area (TPSA) is 33.0 Å². The van der Waals surface area contributed by atoms with Crippen LogP contribution < -0.4 is 0 Å². The fourth-order valence-electron chi connectivity index (χ4n) is 1.70. The number of nitriles is 1. The number of rotatable bonds is 4. The van der Waals surface area contributed by atoms with E-state index in [1.165, 1.54) is 5.56 Å². The van der Waals surface area contributed by atoms with E-state index in [0.717, 1.165) is 11.1 Å². The number of aryl methyl sites for hydroxylation is 1. The van der Waals surface area contributed by atoms with Crippen molar-refractivity contribution in [1.82, 2.24) is 0 Å². The van der Waals surface area contributed by atoms with Crippen LogP contribution in [0.4, 0.5) is 0 Å². The van der Waals surface area contributed by atoms with Crippen LogP contribution in [0.1, 0.15) is 22.8 Å². The van der Waals surface area contributed by atoms with E-state index in [0.29, 0.717) is 6.61 Å². The zero-order valence-corrected chi connectivity index (χ0v) is 10.3. The molecule has 0 N–H and O–H groups in total. The Hall–Kier alpha value is -2.11. The van der Waals surface area contributed by atoms with Crippen LogP contribution in [0.25, 0.3) is 0 Å². The summed E-state index contributed by atoms with van der Waals surface area (Å²) in [6.45, 7) is 2.48. The molecule has 2 rings (SSSR count). The van der Waals surface area contributed by atoms with E-state index in [1.54, 1.807) is 0 Å². The van der Waals surface area contributed by atoms with Crippen molar-refractivity contribution in [3.8, 4) is 6.07 Å². The summed E-state index contributed by atoms with van der Waals surface area (Å²) in [4.78, 5) is 0. The van der Waals surface area contributed by atoms with Crippen LogP contribution in [-0.2, 0) is 11.3 Å². The molecule has 0 aliphatic heterocycles. The van der Waals surface area contributed by atoms with Crippen LogP contribution in [0.15, 0.2) is 54.6 Å². The van der Waals surface area contributed by atoms with Gasteiger partial charge in [-0.25, -0.2) is 0 Å². The molecule has 0 aromatic heterocycles. The molecule has 0 saturated carbocycles. The number of benzene rings is 2. The highest BCUT2D eigenvalue weighted by Gasteiger charge is 2.10. The van der Waals surface area contributed by atoms with Crippen LogP contribution >= 0.6 is 0 Å². The molecule has 0 spiro atoms. The molecule has 2 heteroatoms. The molecule has 2 aromatic rings. The first kappa shape index (κ1) is 12.3. The molecule has 0 fully saturated rings. The Morgan fingerprint density at radius 3 is 2.33 bits per heavy atom. The van der Waals surface area contributed by atoms with Gasteiger partial charge in [0.25, 0.3) is 0 Å². The van der Waals surface area contributed by atoms with Crippen molar-refractivity contribution < 1.29 is 4.74 Å². The molecule has 0 heterocycles. The molecule has 0 saturated heterocycles. The van der Waals surface area contributed by atoms with Gasteiger partial charge in [0.15, 0.2) is 6.10 Å². The van der Waals surface area contributed by atoms with Crippen molar-refractivity contribution in [2.24, 2.45) is 0 Å². The highest BCUT2D eigenvalue weighted by molar-refractivity contribution is 5.26. The molecule has 2 aromatic carbocycles. The van der Waals surface area contributed by atoms with Crippen molar-refractivity contribution in [2.45, 2.75) is 19.6 Å². The maximum absolute atomic E-state index is 9.15. The number of ether oxygens (including phenoxy) is 1. The van der Waals surface area contributed by atoms with Crippen LogP contribution in [-0.4, -0.2) is 0 Å². The molecule has 1 unspecified atom stereocenters. The molecule has 0 aliphatic carbocycles. The summed E-state index contributed by atoms with van der Waals surface area (Å²) >= 11 is 0. The lowest BCUT2D eigenvalue weighted by Gasteiger charge is -2.11. The summed E-state index contributed by atoms with van der Waals surface area (Å²) in [7, 11) is 0. The van der Waals surface area contributed by atoms with Gasteiger partial charge in [0.1, 0.15) is 0 Å². The minimum atomic E-state index is -0.509. The zero-order chi connectivity index (χ0) is 12.8. The summed E-state index contributed by atoms with van der Waals surface area (Å²) < 4.78 is 5.64. The third-order valence-electron chi connectivity index (χ3n) is 2.76. The standard InChI is InChI=1S/C16H15NO/c1-13-7-9-15(10-8-13)16(11-17)18-12-14-5-3-2-4-6-14/h2-10,16H,12H2,1H3. The Bertz CT molecular complexity index is 525. The molecular weight excluding hydrogens is 222 g/mol. The van der Waals surface area contributed by atoms with Gasteiger partial charge in [-0.1, -0.05) is 60.2 Å². The Morgan fingerprint density at radius 2 is 1.72 bits per heavy atom. The smallest absolute Gasteiger partial charge is 0.169 e. The summed E-state index contributed by atoms with van der Waals surface area (Å²) in [5.41, 5.74) is 3.15. The highest BCUT2D eigenvalue weighted by Crippen LogP contribution is 2.18. The van der Waals surface area contributed by atoms with E-state index in [4.69, 9.17) is 10.00 Å². The van der Waals surface area contributed by atoms with Gasteiger partial charge in [-0.2, -0.15) is 5.26 Å². The number of hydrogen-bond donors (Lipinski definition) is 0. The lowest BCUT2D eigenvalue weighted by molar-refractivity contribution is 0.0767. The maximum atomic E-state index is 9.15. The summed E-state index contributed by atoms with van der Waals surface area (Å²) in [6, 6.07) is 19.9. The Labute approximate surface area is 107 Å². The SMILES string of the molecule is Cc1ccc(C(C#N)OCc2ccccc2)cc1. The Kier molecular flexibility index (Phi) is 4.11. The predicted molar refractivity (Wildman–Crippen MR) is 70.8 cm³/mol. The van der Waals surface area contributed by atoms with Gasteiger partial charge in [0, 0.05) is 0 Å².